The Kier molecular flexibility index (Phi) is 11.3. The third-order valence-corrected chi connectivity index (χ3v) is 5.39. The van der Waals surface area contributed by atoms with Crippen molar-refractivity contribution in [1.29, 1.82) is 0 Å². The molecule has 36 heavy (non-hydrogen) atoms. The lowest BCUT2D eigenvalue weighted by atomic mass is 10.0. The molecule has 0 fully saturated rings. The maximum Gasteiger partial charge on any atom is 0.326 e. The molecule has 0 spiro atoms. The monoisotopic (exact) mass is 503 g/mol. The zero-order valence-corrected chi connectivity index (χ0v) is 19.8. The maximum atomic E-state index is 13.1. The number of aromatic hydroxyl groups is 1. The lowest BCUT2D eigenvalue weighted by Crippen LogP contribution is -2.57. The van der Waals surface area contributed by atoms with Gasteiger partial charge in [0.15, 0.2) is 0 Å². The summed E-state index contributed by atoms with van der Waals surface area (Å²) >= 11 is 0. The van der Waals surface area contributed by atoms with Crippen molar-refractivity contribution in [2.24, 2.45) is 11.5 Å². The van der Waals surface area contributed by atoms with Crippen LogP contribution in [0.3, 0.4) is 0 Å². The zero-order valence-electron chi connectivity index (χ0n) is 19.8. The Morgan fingerprint density at radius 1 is 0.917 bits per heavy atom. The van der Waals surface area contributed by atoms with Crippen molar-refractivity contribution in [3.8, 4) is 5.75 Å². The minimum Gasteiger partial charge on any atom is -0.508 e. The first-order chi connectivity index (χ1) is 17.2. The largest absolute Gasteiger partial charge is 0.508 e. The minimum absolute atomic E-state index is 0.0280. The second-order valence-electron chi connectivity index (χ2n) is 8.22. The van der Waals surface area contributed by atoms with Gasteiger partial charge >= 0.3 is 5.97 Å². The summed E-state index contributed by atoms with van der Waals surface area (Å²) in [6.07, 6.45) is 4.29. The van der Waals surface area contributed by atoms with Crippen LogP contribution in [0.5, 0.6) is 5.75 Å². The summed E-state index contributed by atoms with van der Waals surface area (Å²) in [6, 6.07) is 2.57. The van der Waals surface area contributed by atoms with Crippen LogP contribution in [0.15, 0.2) is 36.8 Å². The first-order valence-corrected chi connectivity index (χ1v) is 11.5. The molecular weight excluding hydrogens is 470 g/mol. The molecule has 1 aromatic carbocycles. The first kappa shape index (κ1) is 28.3. The van der Waals surface area contributed by atoms with Gasteiger partial charge in [0.25, 0.3) is 0 Å². The normalized spacial score (nSPS) is 13.3. The van der Waals surface area contributed by atoms with Crippen LogP contribution in [0.4, 0.5) is 0 Å². The molecule has 0 aliphatic rings. The summed E-state index contributed by atoms with van der Waals surface area (Å²) in [4.78, 5) is 56.6. The zero-order chi connectivity index (χ0) is 26.5. The number of rotatable bonds is 15. The van der Waals surface area contributed by atoms with Crippen molar-refractivity contribution in [2.75, 3.05) is 13.1 Å². The summed E-state index contributed by atoms with van der Waals surface area (Å²) in [5.74, 6) is -3.10. The van der Waals surface area contributed by atoms with E-state index in [1.807, 2.05) is 0 Å². The van der Waals surface area contributed by atoms with E-state index in [4.69, 9.17) is 11.5 Å². The van der Waals surface area contributed by atoms with Crippen LogP contribution in [-0.4, -0.2) is 75.1 Å². The van der Waals surface area contributed by atoms with E-state index in [-0.39, 0.29) is 31.6 Å². The van der Waals surface area contributed by atoms with Gasteiger partial charge < -0.3 is 42.6 Å². The van der Waals surface area contributed by atoms with Gasteiger partial charge in [0, 0.05) is 24.7 Å². The first-order valence-electron chi connectivity index (χ1n) is 11.5. The quantitative estimate of drug-likeness (QED) is 0.132. The van der Waals surface area contributed by atoms with E-state index >= 15 is 0 Å². The summed E-state index contributed by atoms with van der Waals surface area (Å²) in [5.41, 5.74) is 12.1. The number of aromatic nitrogens is 2. The average molecular weight is 504 g/mol. The summed E-state index contributed by atoms with van der Waals surface area (Å²) in [6.45, 7) is 0.0562. The van der Waals surface area contributed by atoms with Crippen LogP contribution in [-0.2, 0) is 32.0 Å². The van der Waals surface area contributed by atoms with Crippen molar-refractivity contribution in [1.82, 2.24) is 25.9 Å². The second-order valence-corrected chi connectivity index (χ2v) is 8.22. The highest BCUT2D eigenvalue weighted by Crippen LogP contribution is 2.12. The van der Waals surface area contributed by atoms with Gasteiger partial charge in [0.05, 0.1) is 12.9 Å². The number of amides is 3. The minimum atomic E-state index is -1.27. The Morgan fingerprint density at radius 3 is 2.17 bits per heavy atom. The number of aromatic amines is 1. The number of nitrogens with one attached hydrogen (secondary N) is 4. The molecule has 0 radical (unpaired) electrons. The molecule has 3 unspecified atom stereocenters. The lowest BCUT2D eigenvalue weighted by molar-refractivity contribution is -0.142. The second kappa shape index (κ2) is 14.4. The SMILES string of the molecule is NCCCCC(NC(=O)C(Cc1cnc[nH]1)NC(=O)CN)C(=O)NC(Cc1ccc(O)cc1)C(=O)O. The molecule has 0 aliphatic carbocycles. The molecular formula is C23H33N7O6. The molecule has 0 aliphatic heterocycles. The number of carboxylic acid groups (broad SMARTS) is 1. The number of carbonyl (C=O) groups excluding carboxylic acids is 3. The van der Waals surface area contributed by atoms with Crippen molar-refractivity contribution < 1.29 is 29.4 Å². The number of nitrogens with two attached hydrogens (primary N) is 2. The number of aliphatic carboxylic acids is 1. The summed E-state index contributed by atoms with van der Waals surface area (Å²) < 4.78 is 0. The standard InChI is InChI=1S/C23H33N7O6/c24-8-2-1-3-17(21(33)30-19(23(35)36)9-14-4-6-16(31)7-5-14)29-22(34)18(28-20(32)11-25)10-15-12-26-13-27-15/h4-7,12-13,17-19,31H,1-3,8-11,24-25H2,(H,26,27)(H,28,32)(H,29,34)(H,30,33)(H,35,36). The van der Waals surface area contributed by atoms with Crippen molar-refractivity contribution in [3.63, 3.8) is 0 Å². The molecule has 0 saturated heterocycles. The Hall–Kier alpha value is -3.97. The van der Waals surface area contributed by atoms with E-state index < -0.39 is 41.8 Å². The number of imidazole rings is 1. The van der Waals surface area contributed by atoms with Crippen LogP contribution < -0.4 is 27.4 Å². The van der Waals surface area contributed by atoms with Crippen molar-refractivity contribution in [2.45, 2.75) is 50.2 Å². The number of carboxylic acids is 1. The van der Waals surface area contributed by atoms with Crippen LogP contribution >= 0.6 is 0 Å². The van der Waals surface area contributed by atoms with Gasteiger partial charge in [0.2, 0.25) is 17.7 Å². The van der Waals surface area contributed by atoms with Gasteiger partial charge in [-0.2, -0.15) is 0 Å². The van der Waals surface area contributed by atoms with Crippen molar-refractivity contribution >= 4 is 23.7 Å². The molecule has 13 heteroatoms. The third kappa shape index (κ3) is 9.35. The Bertz CT molecular complexity index is 997. The summed E-state index contributed by atoms with van der Waals surface area (Å²) in [5, 5.41) is 26.7. The van der Waals surface area contributed by atoms with Gasteiger partial charge in [-0.15, -0.1) is 0 Å². The smallest absolute Gasteiger partial charge is 0.326 e. The maximum absolute atomic E-state index is 13.1. The molecule has 0 saturated carbocycles. The van der Waals surface area contributed by atoms with Crippen LogP contribution in [0.1, 0.15) is 30.5 Å². The van der Waals surface area contributed by atoms with Crippen LogP contribution in [0, 0.1) is 0 Å². The van der Waals surface area contributed by atoms with E-state index in [0.717, 1.165) is 0 Å². The van der Waals surface area contributed by atoms with Gasteiger partial charge in [-0.05, 0) is 43.5 Å². The van der Waals surface area contributed by atoms with Crippen molar-refractivity contribution in [3.05, 3.63) is 48.0 Å². The molecule has 13 nitrogen and oxygen atoms in total. The number of H-pyrrole nitrogens is 1. The molecule has 3 atom stereocenters. The molecule has 0 bridgehead atoms. The number of phenols is 1. The Labute approximate surface area is 208 Å². The molecule has 3 amide bonds. The third-order valence-electron chi connectivity index (χ3n) is 5.39. The van der Waals surface area contributed by atoms with E-state index in [2.05, 4.69) is 25.9 Å². The highest BCUT2D eigenvalue weighted by molar-refractivity contribution is 5.93. The highest BCUT2D eigenvalue weighted by Gasteiger charge is 2.29. The van der Waals surface area contributed by atoms with Gasteiger partial charge in [-0.3, -0.25) is 14.4 Å². The number of benzene rings is 1. The molecule has 10 N–H and O–H groups in total. The molecule has 2 aromatic rings. The van der Waals surface area contributed by atoms with Gasteiger partial charge in [0.1, 0.15) is 23.9 Å². The number of hydrogen-bond acceptors (Lipinski definition) is 8. The average Bonchev–Trinajstić information content (AvgIpc) is 3.36. The van der Waals surface area contributed by atoms with Crippen LogP contribution in [0.25, 0.3) is 0 Å². The fourth-order valence-corrected chi connectivity index (χ4v) is 3.45. The van der Waals surface area contributed by atoms with Gasteiger partial charge in [-0.25, -0.2) is 9.78 Å². The number of unbranched alkanes of at least 4 members (excludes halogenated alkanes) is 1. The highest BCUT2D eigenvalue weighted by atomic mass is 16.4. The number of phenolic OH excluding ortho intramolecular Hbond substituents is 1. The number of hydrogen-bond donors (Lipinski definition) is 8. The predicted molar refractivity (Wildman–Crippen MR) is 129 cm³/mol. The fraction of sp³-hybridized carbons (Fsp3) is 0.435. The molecule has 196 valence electrons. The Balaban J connectivity index is 2.15. The number of carbonyl (C=O) groups is 4. The fourth-order valence-electron chi connectivity index (χ4n) is 3.45. The topological polar surface area (TPSA) is 226 Å². The number of nitrogens with zero attached hydrogens (tertiary/aromatic N) is 1. The van der Waals surface area contributed by atoms with E-state index in [0.29, 0.717) is 30.6 Å². The Morgan fingerprint density at radius 2 is 1.58 bits per heavy atom. The molecule has 2 rings (SSSR count). The van der Waals surface area contributed by atoms with Gasteiger partial charge in [-0.1, -0.05) is 12.1 Å². The predicted octanol–water partition coefficient (Wildman–Crippen LogP) is -1.47. The van der Waals surface area contributed by atoms with E-state index in [1.54, 1.807) is 12.1 Å². The van der Waals surface area contributed by atoms with Crippen LogP contribution in [0.2, 0.25) is 0 Å². The lowest BCUT2D eigenvalue weighted by Gasteiger charge is -2.24. The molecule has 1 aromatic heterocycles. The van der Waals surface area contributed by atoms with E-state index in [1.165, 1.54) is 24.7 Å². The van der Waals surface area contributed by atoms with E-state index in [9.17, 15) is 29.4 Å². The molecule has 1 heterocycles. The summed E-state index contributed by atoms with van der Waals surface area (Å²) in [7, 11) is 0.